The van der Waals surface area contributed by atoms with Crippen LogP contribution in [0.1, 0.15) is 23.6 Å². The lowest BCUT2D eigenvalue weighted by atomic mass is 10.1. The van der Waals surface area contributed by atoms with Crippen LogP contribution in [0.25, 0.3) is 6.08 Å². The zero-order valence-corrected chi connectivity index (χ0v) is 18.7. The number of β-amino-alcohol motifs (C(OH)–C–C–N with tert-alkyl or cyclic N) is 1. The molecule has 0 unspecified atom stereocenters. The van der Waals surface area contributed by atoms with Crippen LogP contribution < -0.4 is 4.74 Å². The molecule has 1 fully saturated rings. The smallest absolute Gasteiger partial charge is 0.123 e. The fourth-order valence-corrected chi connectivity index (χ4v) is 4.54. The first kappa shape index (κ1) is 22.0. The third-order valence-corrected chi connectivity index (χ3v) is 6.16. The van der Waals surface area contributed by atoms with Gasteiger partial charge >= 0.3 is 0 Å². The average Bonchev–Trinajstić information content (AvgIpc) is 2.97. The molecule has 1 N–H and O–H groups in total. The molecule has 2 heterocycles. The lowest BCUT2D eigenvalue weighted by molar-refractivity contribution is 0.108. The molecule has 2 aliphatic heterocycles. The Labute approximate surface area is 186 Å². The molecule has 0 spiro atoms. The molecule has 2 aromatic carbocycles. The highest BCUT2D eigenvalue weighted by Crippen LogP contribution is 2.26. The third kappa shape index (κ3) is 6.40. The first-order valence-electron chi connectivity index (χ1n) is 11.4. The number of rotatable bonds is 7. The Morgan fingerprint density at radius 2 is 1.74 bits per heavy atom. The number of piperazine rings is 1. The molecular formula is C26H35N3O2. The van der Waals surface area contributed by atoms with E-state index in [1.807, 2.05) is 0 Å². The maximum atomic E-state index is 9.13. The van der Waals surface area contributed by atoms with Gasteiger partial charge in [0.25, 0.3) is 0 Å². The van der Waals surface area contributed by atoms with Gasteiger partial charge in [0.05, 0.1) is 6.61 Å². The van der Waals surface area contributed by atoms with Crippen molar-refractivity contribution < 1.29 is 9.84 Å². The van der Waals surface area contributed by atoms with Gasteiger partial charge in [0.15, 0.2) is 0 Å². The molecule has 1 saturated heterocycles. The van der Waals surface area contributed by atoms with Crippen molar-refractivity contribution in [1.29, 1.82) is 0 Å². The van der Waals surface area contributed by atoms with E-state index in [1.54, 1.807) is 0 Å². The van der Waals surface area contributed by atoms with Crippen LogP contribution in [0.4, 0.5) is 0 Å². The van der Waals surface area contributed by atoms with Crippen molar-refractivity contribution in [3.8, 4) is 5.75 Å². The molecule has 0 amide bonds. The summed E-state index contributed by atoms with van der Waals surface area (Å²) >= 11 is 0. The molecule has 0 aromatic heterocycles. The zero-order valence-electron chi connectivity index (χ0n) is 18.7. The summed E-state index contributed by atoms with van der Waals surface area (Å²) in [6.07, 6.45) is 2.28. The first-order chi connectivity index (χ1) is 15.2. The van der Waals surface area contributed by atoms with Crippen molar-refractivity contribution in [2.45, 2.75) is 20.0 Å². The lowest BCUT2D eigenvalue weighted by Crippen LogP contribution is -2.46. The Hall–Kier alpha value is -2.18. The molecule has 2 aliphatic rings. The van der Waals surface area contributed by atoms with Gasteiger partial charge in [-0.2, -0.15) is 0 Å². The predicted molar refractivity (Wildman–Crippen MR) is 126 cm³/mol. The fraction of sp³-hybridized carbons (Fsp3) is 0.462. The number of hydrogen-bond donors (Lipinski definition) is 1. The zero-order chi connectivity index (χ0) is 21.5. The second-order valence-electron chi connectivity index (χ2n) is 8.74. The molecule has 0 radical (unpaired) electrons. The van der Waals surface area contributed by atoms with E-state index in [4.69, 9.17) is 9.84 Å². The maximum Gasteiger partial charge on any atom is 0.123 e. The lowest BCUT2D eigenvalue weighted by Gasteiger charge is -2.34. The Kier molecular flexibility index (Phi) is 7.76. The van der Waals surface area contributed by atoms with Gasteiger partial charge in [-0.15, -0.1) is 0 Å². The fourth-order valence-electron chi connectivity index (χ4n) is 4.54. The maximum absolute atomic E-state index is 9.13. The number of ether oxygens (including phenoxy) is 1. The van der Waals surface area contributed by atoms with Crippen LogP contribution in [-0.2, 0) is 13.1 Å². The van der Waals surface area contributed by atoms with E-state index in [0.29, 0.717) is 0 Å². The molecule has 31 heavy (non-hydrogen) atoms. The predicted octanol–water partition coefficient (Wildman–Crippen LogP) is 3.09. The van der Waals surface area contributed by atoms with Crippen LogP contribution >= 0.6 is 0 Å². The summed E-state index contributed by atoms with van der Waals surface area (Å²) in [7, 11) is 0. The van der Waals surface area contributed by atoms with Crippen molar-refractivity contribution in [3.05, 3.63) is 70.8 Å². The molecule has 4 rings (SSSR count). The number of fused-ring (bicyclic) bond motifs is 1. The van der Waals surface area contributed by atoms with Crippen molar-refractivity contribution in [3.63, 3.8) is 0 Å². The summed E-state index contributed by atoms with van der Waals surface area (Å²) in [5, 5.41) is 9.13. The number of aliphatic hydroxyl groups excluding tert-OH is 1. The minimum Gasteiger partial charge on any atom is -0.492 e. The summed E-state index contributed by atoms with van der Waals surface area (Å²) < 4.78 is 6.06. The van der Waals surface area contributed by atoms with Gasteiger partial charge in [-0.3, -0.25) is 14.7 Å². The highest BCUT2D eigenvalue weighted by molar-refractivity contribution is 5.52. The van der Waals surface area contributed by atoms with Crippen molar-refractivity contribution in [1.82, 2.24) is 14.7 Å². The van der Waals surface area contributed by atoms with Gasteiger partial charge in [-0.25, -0.2) is 0 Å². The number of hydrogen-bond acceptors (Lipinski definition) is 5. The summed E-state index contributed by atoms with van der Waals surface area (Å²) in [5.41, 5.74) is 5.28. The second kappa shape index (κ2) is 10.9. The molecule has 166 valence electrons. The largest absolute Gasteiger partial charge is 0.492 e. The van der Waals surface area contributed by atoms with Gasteiger partial charge < -0.3 is 9.84 Å². The van der Waals surface area contributed by atoms with Gasteiger partial charge in [0, 0.05) is 64.5 Å². The quantitative estimate of drug-likeness (QED) is 0.744. The van der Waals surface area contributed by atoms with Crippen LogP contribution in [0.3, 0.4) is 0 Å². The molecule has 0 bridgehead atoms. The summed E-state index contributed by atoms with van der Waals surface area (Å²) in [6.45, 7) is 12.0. The van der Waals surface area contributed by atoms with Crippen molar-refractivity contribution in [2.75, 3.05) is 59.0 Å². The highest BCUT2D eigenvalue weighted by Gasteiger charge is 2.19. The Morgan fingerprint density at radius 1 is 0.968 bits per heavy atom. The number of benzene rings is 2. The van der Waals surface area contributed by atoms with Gasteiger partial charge in [-0.1, -0.05) is 48.0 Å². The van der Waals surface area contributed by atoms with Crippen LogP contribution in [0.2, 0.25) is 0 Å². The van der Waals surface area contributed by atoms with Crippen molar-refractivity contribution in [2.24, 2.45) is 0 Å². The SMILES string of the molecule is C/C(=C\c1ccccc1)CN1CCOc2ccc(CN3CCN(CCO)CC3)cc2C1. The second-order valence-corrected chi connectivity index (χ2v) is 8.74. The minimum absolute atomic E-state index is 0.251. The van der Waals surface area contributed by atoms with Crippen LogP contribution in [0, 0.1) is 0 Å². The van der Waals surface area contributed by atoms with E-state index < -0.39 is 0 Å². The standard InChI is InChI=1S/C26H35N3O2/c1-22(17-23-5-3-2-4-6-23)19-29-14-16-31-26-8-7-24(18-25(26)21-29)20-28-11-9-27(10-12-28)13-15-30/h2-8,17-18,30H,9-16,19-21H2,1H3/b22-17+. The Balaban J connectivity index is 1.37. The normalized spacial score (nSPS) is 19.0. The average molecular weight is 422 g/mol. The topological polar surface area (TPSA) is 39.2 Å². The van der Waals surface area contributed by atoms with E-state index in [-0.39, 0.29) is 6.61 Å². The minimum atomic E-state index is 0.251. The van der Waals surface area contributed by atoms with E-state index in [1.165, 1.54) is 22.3 Å². The molecular weight excluding hydrogens is 386 g/mol. The molecule has 2 aromatic rings. The van der Waals surface area contributed by atoms with E-state index in [2.05, 4.69) is 76.2 Å². The molecule has 5 heteroatoms. The molecule has 0 atom stereocenters. The Bertz CT molecular complexity index is 860. The monoisotopic (exact) mass is 421 g/mol. The number of nitrogens with zero attached hydrogens (tertiary/aromatic N) is 3. The van der Waals surface area contributed by atoms with Crippen molar-refractivity contribution >= 4 is 6.08 Å². The summed E-state index contributed by atoms with van der Waals surface area (Å²) in [6, 6.07) is 17.2. The van der Waals surface area contributed by atoms with E-state index >= 15 is 0 Å². The van der Waals surface area contributed by atoms with Crippen LogP contribution in [0.5, 0.6) is 5.75 Å². The Morgan fingerprint density at radius 3 is 2.52 bits per heavy atom. The highest BCUT2D eigenvalue weighted by atomic mass is 16.5. The number of aliphatic hydroxyl groups is 1. The first-order valence-corrected chi connectivity index (χ1v) is 11.4. The van der Waals surface area contributed by atoms with Gasteiger partial charge in [-0.05, 0) is 30.2 Å². The summed E-state index contributed by atoms with van der Waals surface area (Å²) in [4.78, 5) is 7.33. The van der Waals surface area contributed by atoms with Crippen LogP contribution in [-0.4, -0.2) is 78.8 Å². The van der Waals surface area contributed by atoms with E-state index in [9.17, 15) is 0 Å². The molecule has 5 nitrogen and oxygen atoms in total. The molecule has 0 aliphatic carbocycles. The molecule has 0 saturated carbocycles. The summed E-state index contributed by atoms with van der Waals surface area (Å²) in [5.74, 6) is 1.03. The van der Waals surface area contributed by atoms with Gasteiger partial charge in [0.2, 0.25) is 0 Å². The van der Waals surface area contributed by atoms with E-state index in [0.717, 1.165) is 71.3 Å². The third-order valence-electron chi connectivity index (χ3n) is 6.16. The van der Waals surface area contributed by atoms with Crippen LogP contribution in [0.15, 0.2) is 54.1 Å². The van der Waals surface area contributed by atoms with Gasteiger partial charge in [0.1, 0.15) is 12.4 Å².